The number of benzene rings is 1. The summed E-state index contributed by atoms with van der Waals surface area (Å²) in [6.45, 7) is 3.98. The van der Waals surface area contributed by atoms with Gasteiger partial charge in [-0.15, -0.1) is 0 Å². The number of pyridine rings is 1. The van der Waals surface area contributed by atoms with Crippen LogP contribution in [0.4, 0.5) is 0 Å². The predicted octanol–water partition coefficient (Wildman–Crippen LogP) is 2.83. The van der Waals surface area contributed by atoms with E-state index in [1.807, 2.05) is 31.2 Å². The average molecular weight is 352 g/mol. The van der Waals surface area contributed by atoms with Gasteiger partial charge in [0.1, 0.15) is 11.3 Å². The molecule has 1 atom stereocenters. The lowest BCUT2D eigenvalue weighted by Crippen LogP contribution is -2.36. The van der Waals surface area contributed by atoms with Crippen LogP contribution < -0.4 is 15.7 Å². The van der Waals surface area contributed by atoms with Crippen molar-refractivity contribution in [2.75, 3.05) is 0 Å². The van der Waals surface area contributed by atoms with Gasteiger partial charge in [-0.1, -0.05) is 13.0 Å². The zero-order valence-electron chi connectivity index (χ0n) is 14.7. The molecule has 0 aliphatic heterocycles. The molecular weight excluding hydrogens is 332 g/mol. The molecule has 0 fully saturated rings. The molecule has 2 aromatic heterocycles. The molecule has 2 heterocycles. The zero-order chi connectivity index (χ0) is 18.5. The third kappa shape index (κ3) is 4.08. The second-order valence-corrected chi connectivity index (χ2v) is 5.90. The molecule has 26 heavy (non-hydrogen) atoms. The summed E-state index contributed by atoms with van der Waals surface area (Å²) < 4.78 is 10.9. The number of aryl methyl sites for hydroxylation is 1. The lowest BCUT2D eigenvalue weighted by molar-refractivity contribution is -0.127. The van der Waals surface area contributed by atoms with E-state index in [4.69, 9.17) is 9.15 Å². The number of hydrogen-bond acceptors (Lipinski definition) is 5. The first-order valence-corrected chi connectivity index (χ1v) is 8.48. The van der Waals surface area contributed by atoms with Crippen LogP contribution in [0, 0.1) is 0 Å². The Hall–Kier alpha value is -3.15. The summed E-state index contributed by atoms with van der Waals surface area (Å²) in [7, 11) is 0. The maximum Gasteiger partial charge on any atom is 0.336 e. The number of carbonyl (C=O) groups excluding carboxylic acids is 1. The highest BCUT2D eigenvalue weighted by Crippen LogP contribution is 2.23. The van der Waals surface area contributed by atoms with Crippen molar-refractivity contribution in [1.29, 1.82) is 0 Å². The molecule has 1 amide bonds. The monoisotopic (exact) mass is 352 g/mol. The highest BCUT2D eigenvalue weighted by atomic mass is 16.5. The predicted molar refractivity (Wildman–Crippen MR) is 98.0 cm³/mol. The summed E-state index contributed by atoms with van der Waals surface area (Å²) in [4.78, 5) is 28.0. The summed E-state index contributed by atoms with van der Waals surface area (Å²) in [5, 5.41) is 3.65. The Morgan fingerprint density at radius 1 is 1.27 bits per heavy atom. The Morgan fingerprint density at radius 3 is 2.85 bits per heavy atom. The second kappa shape index (κ2) is 7.82. The Morgan fingerprint density at radius 2 is 2.12 bits per heavy atom. The zero-order valence-corrected chi connectivity index (χ0v) is 14.7. The standard InChI is InChI=1S/C20H20N2O4/c1-3-14-10-19(23)26-18-11-16(7-8-17(14)18)25-13(2)20(24)22-12-15-6-4-5-9-21-15/h4-11,13H,3,12H2,1-2H3,(H,22,24)/t13-/m1/s1. The Kier molecular flexibility index (Phi) is 5.31. The molecule has 1 N–H and O–H groups in total. The molecule has 1 aromatic carbocycles. The maximum absolute atomic E-state index is 12.2. The number of hydrogen-bond donors (Lipinski definition) is 1. The van der Waals surface area contributed by atoms with Crippen molar-refractivity contribution >= 4 is 16.9 Å². The fraction of sp³-hybridized carbons (Fsp3) is 0.250. The van der Waals surface area contributed by atoms with E-state index in [0.29, 0.717) is 17.9 Å². The SMILES string of the molecule is CCc1cc(=O)oc2cc(O[C@H](C)C(=O)NCc3ccccn3)ccc12. The largest absolute Gasteiger partial charge is 0.481 e. The van der Waals surface area contributed by atoms with Crippen LogP contribution in [0.5, 0.6) is 5.75 Å². The van der Waals surface area contributed by atoms with Gasteiger partial charge in [-0.3, -0.25) is 9.78 Å². The number of fused-ring (bicyclic) bond motifs is 1. The van der Waals surface area contributed by atoms with Gasteiger partial charge in [0, 0.05) is 23.7 Å². The molecule has 134 valence electrons. The lowest BCUT2D eigenvalue weighted by atomic mass is 10.1. The number of nitrogens with zero attached hydrogens (tertiary/aromatic N) is 1. The molecule has 0 bridgehead atoms. The van der Waals surface area contributed by atoms with Gasteiger partial charge < -0.3 is 14.5 Å². The Bertz CT molecular complexity index is 966. The van der Waals surface area contributed by atoms with Crippen molar-refractivity contribution in [3.63, 3.8) is 0 Å². The quantitative estimate of drug-likeness (QED) is 0.690. The Labute approximate surface area is 150 Å². The minimum Gasteiger partial charge on any atom is -0.481 e. The molecule has 0 radical (unpaired) electrons. The van der Waals surface area contributed by atoms with E-state index in [1.54, 1.807) is 25.3 Å². The molecule has 0 aliphatic rings. The molecule has 3 rings (SSSR count). The third-order valence-electron chi connectivity index (χ3n) is 4.03. The minimum atomic E-state index is -0.697. The van der Waals surface area contributed by atoms with Gasteiger partial charge in [0.05, 0.1) is 12.2 Å². The first kappa shape index (κ1) is 17.7. The van der Waals surface area contributed by atoms with Crippen LogP contribution >= 0.6 is 0 Å². The van der Waals surface area contributed by atoms with Crippen molar-refractivity contribution in [1.82, 2.24) is 10.3 Å². The summed E-state index contributed by atoms with van der Waals surface area (Å²) >= 11 is 0. The first-order chi connectivity index (χ1) is 12.6. The highest BCUT2D eigenvalue weighted by Gasteiger charge is 2.15. The van der Waals surface area contributed by atoms with Crippen LogP contribution in [0.15, 0.2) is 57.9 Å². The fourth-order valence-corrected chi connectivity index (χ4v) is 2.66. The van der Waals surface area contributed by atoms with Crippen molar-refractivity contribution < 1.29 is 13.9 Å². The van der Waals surface area contributed by atoms with Gasteiger partial charge in [-0.05, 0) is 43.2 Å². The van der Waals surface area contributed by atoms with E-state index in [-0.39, 0.29) is 5.91 Å². The first-order valence-electron chi connectivity index (χ1n) is 8.48. The van der Waals surface area contributed by atoms with Crippen LogP contribution in [-0.2, 0) is 17.8 Å². The van der Waals surface area contributed by atoms with E-state index in [0.717, 1.165) is 23.1 Å². The van der Waals surface area contributed by atoms with Crippen LogP contribution in [0.3, 0.4) is 0 Å². The molecule has 0 saturated carbocycles. The molecule has 6 heteroatoms. The molecular formula is C20H20N2O4. The van der Waals surface area contributed by atoms with E-state index in [1.165, 1.54) is 6.07 Å². The molecule has 3 aromatic rings. The van der Waals surface area contributed by atoms with Crippen LogP contribution in [0.1, 0.15) is 25.1 Å². The van der Waals surface area contributed by atoms with Gasteiger partial charge in [0.2, 0.25) is 0 Å². The van der Waals surface area contributed by atoms with E-state index < -0.39 is 11.7 Å². The maximum atomic E-state index is 12.2. The number of aromatic nitrogens is 1. The fourth-order valence-electron chi connectivity index (χ4n) is 2.66. The second-order valence-electron chi connectivity index (χ2n) is 5.90. The number of rotatable bonds is 6. The van der Waals surface area contributed by atoms with Crippen LogP contribution in [-0.4, -0.2) is 17.0 Å². The van der Waals surface area contributed by atoms with Gasteiger partial charge in [0.15, 0.2) is 6.10 Å². The van der Waals surface area contributed by atoms with Gasteiger partial charge in [-0.25, -0.2) is 4.79 Å². The number of carbonyl (C=O) groups is 1. The van der Waals surface area contributed by atoms with Gasteiger partial charge >= 0.3 is 5.63 Å². The topological polar surface area (TPSA) is 81.4 Å². The van der Waals surface area contributed by atoms with Crippen molar-refractivity contribution in [2.24, 2.45) is 0 Å². The van der Waals surface area contributed by atoms with Gasteiger partial charge in [0.25, 0.3) is 5.91 Å². The minimum absolute atomic E-state index is 0.250. The van der Waals surface area contributed by atoms with Crippen molar-refractivity contribution in [2.45, 2.75) is 32.9 Å². The van der Waals surface area contributed by atoms with Crippen LogP contribution in [0.25, 0.3) is 11.0 Å². The highest BCUT2D eigenvalue weighted by molar-refractivity contribution is 5.82. The molecule has 0 unspecified atom stereocenters. The molecule has 6 nitrogen and oxygen atoms in total. The summed E-state index contributed by atoms with van der Waals surface area (Å²) in [6, 6.07) is 12.3. The van der Waals surface area contributed by atoms with E-state index >= 15 is 0 Å². The summed E-state index contributed by atoms with van der Waals surface area (Å²) in [5.74, 6) is 0.217. The number of nitrogens with one attached hydrogen (secondary N) is 1. The average Bonchev–Trinajstić information content (AvgIpc) is 2.65. The Balaban J connectivity index is 1.69. The van der Waals surface area contributed by atoms with Crippen molar-refractivity contribution in [3.8, 4) is 5.75 Å². The van der Waals surface area contributed by atoms with Gasteiger partial charge in [-0.2, -0.15) is 0 Å². The molecule has 0 saturated heterocycles. The van der Waals surface area contributed by atoms with E-state index in [2.05, 4.69) is 10.3 Å². The summed E-state index contributed by atoms with van der Waals surface area (Å²) in [6.07, 6.45) is 1.71. The number of amides is 1. The summed E-state index contributed by atoms with van der Waals surface area (Å²) in [5.41, 5.74) is 1.75. The number of ether oxygens (including phenoxy) is 1. The normalized spacial score (nSPS) is 11.9. The molecule has 0 aliphatic carbocycles. The third-order valence-corrected chi connectivity index (χ3v) is 4.03. The lowest BCUT2D eigenvalue weighted by Gasteiger charge is -2.15. The van der Waals surface area contributed by atoms with Crippen molar-refractivity contribution in [3.05, 3.63) is 70.3 Å². The smallest absolute Gasteiger partial charge is 0.336 e. The van der Waals surface area contributed by atoms with Crippen LogP contribution in [0.2, 0.25) is 0 Å². The van der Waals surface area contributed by atoms with E-state index in [9.17, 15) is 9.59 Å². The molecule has 0 spiro atoms.